The van der Waals surface area contributed by atoms with E-state index in [0.29, 0.717) is 19.3 Å². The number of ether oxygens (including phenoxy) is 3. The second kappa shape index (κ2) is 41.6. The van der Waals surface area contributed by atoms with Gasteiger partial charge in [0.1, 0.15) is 13.2 Å². The van der Waals surface area contributed by atoms with E-state index in [1.165, 1.54) is 116 Å². The normalized spacial score (nSPS) is 12.1. The molecule has 0 saturated carbocycles. The van der Waals surface area contributed by atoms with Crippen molar-refractivity contribution < 1.29 is 28.6 Å². The predicted molar refractivity (Wildman–Crippen MR) is 219 cm³/mol. The zero-order valence-electron chi connectivity index (χ0n) is 34.6. The quantitative estimate of drug-likeness (QED) is 0.0270. The van der Waals surface area contributed by atoms with Gasteiger partial charge in [-0.3, -0.25) is 14.4 Å². The Labute approximate surface area is 322 Å². The summed E-state index contributed by atoms with van der Waals surface area (Å²) in [7, 11) is 0. The highest BCUT2D eigenvalue weighted by Crippen LogP contribution is 2.14. The first kappa shape index (κ1) is 49.9. The highest BCUT2D eigenvalue weighted by Gasteiger charge is 2.19. The molecule has 0 amide bonds. The van der Waals surface area contributed by atoms with Crippen molar-refractivity contribution in [1.29, 1.82) is 0 Å². The van der Waals surface area contributed by atoms with E-state index in [4.69, 9.17) is 14.2 Å². The lowest BCUT2D eigenvalue weighted by Gasteiger charge is -2.18. The van der Waals surface area contributed by atoms with Gasteiger partial charge in [0.25, 0.3) is 0 Å². The summed E-state index contributed by atoms with van der Waals surface area (Å²) >= 11 is 0. The zero-order chi connectivity index (χ0) is 38.0. The molecule has 0 aliphatic heterocycles. The van der Waals surface area contributed by atoms with E-state index in [9.17, 15) is 14.4 Å². The van der Waals surface area contributed by atoms with Gasteiger partial charge < -0.3 is 14.2 Å². The van der Waals surface area contributed by atoms with Crippen LogP contribution in [0.3, 0.4) is 0 Å². The Balaban J connectivity index is 4.30. The number of allylic oxidation sites excluding steroid dienone is 4. The molecule has 6 nitrogen and oxygen atoms in total. The van der Waals surface area contributed by atoms with E-state index in [1.807, 2.05) is 0 Å². The van der Waals surface area contributed by atoms with E-state index >= 15 is 0 Å². The molecule has 0 radical (unpaired) electrons. The molecule has 304 valence electrons. The molecule has 0 fully saturated rings. The Morgan fingerprint density at radius 3 is 1.08 bits per heavy atom. The third-order valence-electron chi connectivity index (χ3n) is 9.71. The van der Waals surface area contributed by atoms with Crippen LogP contribution in [0.25, 0.3) is 0 Å². The molecule has 0 spiro atoms. The van der Waals surface area contributed by atoms with Gasteiger partial charge in [-0.25, -0.2) is 0 Å². The maximum Gasteiger partial charge on any atom is 0.306 e. The minimum atomic E-state index is -0.767. The summed E-state index contributed by atoms with van der Waals surface area (Å²) in [6.07, 6.45) is 44.5. The summed E-state index contributed by atoms with van der Waals surface area (Å²) in [5.74, 6) is -0.891. The van der Waals surface area contributed by atoms with Crippen LogP contribution in [0.4, 0.5) is 0 Å². The molecular weight excluding hydrogens is 648 g/mol. The van der Waals surface area contributed by atoms with Gasteiger partial charge >= 0.3 is 17.9 Å². The lowest BCUT2D eigenvalue weighted by molar-refractivity contribution is -0.167. The monoisotopic (exact) mass is 733 g/mol. The van der Waals surface area contributed by atoms with E-state index < -0.39 is 6.10 Å². The second-order valence-electron chi connectivity index (χ2n) is 15.0. The summed E-state index contributed by atoms with van der Waals surface area (Å²) < 4.78 is 16.6. The van der Waals surface area contributed by atoms with Gasteiger partial charge in [0, 0.05) is 19.3 Å². The largest absolute Gasteiger partial charge is 0.462 e. The standard InChI is InChI=1S/C46H84O6/c1-4-7-10-13-16-18-20-21-22-23-24-26-27-30-33-36-39-45(48)51-42-43(41-50-44(47)38-35-32-29-15-12-9-6-3)52-46(49)40-37-34-31-28-25-19-17-14-11-8-5-2/h18,20,22-23,43H,4-17,19,21,24-42H2,1-3H3/b20-18-,23-22-. The molecule has 0 aliphatic carbocycles. The highest BCUT2D eigenvalue weighted by molar-refractivity contribution is 5.71. The lowest BCUT2D eigenvalue weighted by atomic mass is 10.1. The van der Waals surface area contributed by atoms with E-state index in [2.05, 4.69) is 45.1 Å². The molecule has 0 N–H and O–H groups in total. The Bertz CT molecular complexity index is 850. The average molecular weight is 733 g/mol. The van der Waals surface area contributed by atoms with Crippen molar-refractivity contribution in [1.82, 2.24) is 0 Å². The van der Waals surface area contributed by atoms with Gasteiger partial charge in [0.05, 0.1) is 0 Å². The number of carbonyl (C=O) groups excluding carboxylic acids is 3. The summed E-state index contributed by atoms with van der Waals surface area (Å²) in [6.45, 7) is 6.56. The Kier molecular flexibility index (Phi) is 40.0. The van der Waals surface area contributed by atoms with Gasteiger partial charge in [-0.05, 0) is 51.4 Å². The fourth-order valence-electron chi connectivity index (χ4n) is 6.29. The SMILES string of the molecule is CCCCCC/C=C\C/C=C\CCCCCCCC(=O)OCC(COC(=O)CCCCCCCCC)OC(=O)CCCCCCCCCCCCC. The minimum absolute atomic E-state index is 0.0730. The fourth-order valence-corrected chi connectivity index (χ4v) is 6.29. The maximum absolute atomic E-state index is 12.6. The highest BCUT2D eigenvalue weighted by atomic mass is 16.6. The molecule has 0 aromatic rings. The first-order chi connectivity index (χ1) is 25.5. The number of esters is 3. The van der Waals surface area contributed by atoms with Gasteiger partial charge in [0.15, 0.2) is 6.10 Å². The molecule has 6 heteroatoms. The van der Waals surface area contributed by atoms with Crippen LogP contribution in [0.1, 0.15) is 233 Å². The number of carbonyl (C=O) groups is 3. The van der Waals surface area contributed by atoms with Crippen LogP contribution in [0.5, 0.6) is 0 Å². The Morgan fingerprint density at radius 2 is 0.692 bits per heavy atom. The third kappa shape index (κ3) is 39.1. The maximum atomic E-state index is 12.6. The molecule has 0 aromatic carbocycles. The van der Waals surface area contributed by atoms with Crippen LogP contribution in [0.15, 0.2) is 24.3 Å². The smallest absolute Gasteiger partial charge is 0.306 e. The minimum Gasteiger partial charge on any atom is -0.462 e. The number of unbranched alkanes of at least 4 members (excludes halogenated alkanes) is 25. The van der Waals surface area contributed by atoms with Crippen LogP contribution >= 0.6 is 0 Å². The first-order valence-corrected chi connectivity index (χ1v) is 22.3. The number of hydrogen-bond acceptors (Lipinski definition) is 6. The molecular formula is C46H84O6. The van der Waals surface area contributed by atoms with Crippen LogP contribution in [-0.2, 0) is 28.6 Å². The van der Waals surface area contributed by atoms with Gasteiger partial charge in [-0.2, -0.15) is 0 Å². The number of hydrogen-bond donors (Lipinski definition) is 0. The molecule has 1 atom stereocenters. The van der Waals surface area contributed by atoms with Gasteiger partial charge in [0.2, 0.25) is 0 Å². The number of rotatable bonds is 40. The van der Waals surface area contributed by atoms with Crippen LogP contribution in [0.2, 0.25) is 0 Å². The fraction of sp³-hybridized carbons (Fsp3) is 0.848. The molecule has 52 heavy (non-hydrogen) atoms. The van der Waals surface area contributed by atoms with Crippen molar-refractivity contribution in [2.45, 2.75) is 239 Å². The molecule has 0 aliphatic rings. The van der Waals surface area contributed by atoms with Crippen molar-refractivity contribution in [3.8, 4) is 0 Å². The van der Waals surface area contributed by atoms with E-state index in [0.717, 1.165) is 77.0 Å². The zero-order valence-corrected chi connectivity index (χ0v) is 34.6. The molecule has 1 unspecified atom stereocenters. The van der Waals surface area contributed by atoms with Crippen LogP contribution < -0.4 is 0 Å². The van der Waals surface area contributed by atoms with Crippen molar-refractivity contribution in [2.24, 2.45) is 0 Å². The van der Waals surface area contributed by atoms with E-state index in [-0.39, 0.29) is 31.1 Å². The van der Waals surface area contributed by atoms with Crippen molar-refractivity contribution in [2.75, 3.05) is 13.2 Å². The summed E-state index contributed by atoms with van der Waals surface area (Å²) in [4.78, 5) is 37.5. The van der Waals surface area contributed by atoms with E-state index in [1.54, 1.807) is 0 Å². The topological polar surface area (TPSA) is 78.9 Å². The van der Waals surface area contributed by atoms with Crippen molar-refractivity contribution in [3.63, 3.8) is 0 Å². The molecule has 0 saturated heterocycles. The Hall–Kier alpha value is -2.11. The summed E-state index contributed by atoms with van der Waals surface area (Å²) in [6, 6.07) is 0. The first-order valence-electron chi connectivity index (χ1n) is 22.3. The molecule has 0 heterocycles. The van der Waals surface area contributed by atoms with Gasteiger partial charge in [-0.15, -0.1) is 0 Å². The van der Waals surface area contributed by atoms with Crippen molar-refractivity contribution in [3.05, 3.63) is 24.3 Å². The molecule has 0 bridgehead atoms. The third-order valence-corrected chi connectivity index (χ3v) is 9.71. The van der Waals surface area contributed by atoms with Crippen molar-refractivity contribution >= 4 is 17.9 Å². The molecule has 0 rings (SSSR count). The Morgan fingerprint density at radius 1 is 0.385 bits per heavy atom. The predicted octanol–water partition coefficient (Wildman–Crippen LogP) is 14.0. The molecule has 0 aromatic heterocycles. The summed E-state index contributed by atoms with van der Waals surface area (Å²) in [5, 5.41) is 0. The summed E-state index contributed by atoms with van der Waals surface area (Å²) in [5.41, 5.74) is 0. The average Bonchev–Trinajstić information content (AvgIpc) is 3.14. The lowest BCUT2D eigenvalue weighted by Crippen LogP contribution is -2.30. The van der Waals surface area contributed by atoms with Crippen LogP contribution in [-0.4, -0.2) is 37.2 Å². The van der Waals surface area contributed by atoms with Gasteiger partial charge in [-0.1, -0.05) is 186 Å². The second-order valence-corrected chi connectivity index (χ2v) is 15.0. The van der Waals surface area contributed by atoms with Crippen LogP contribution in [0, 0.1) is 0 Å².